The molecule has 2 aliphatic heterocycles. The number of anilines is 2. The first-order valence-electron chi connectivity index (χ1n) is 21.4. The Kier molecular flexibility index (Phi) is 15.9. The highest BCUT2D eigenvalue weighted by molar-refractivity contribution is 5.98. The van der Waals surface area contributed by atoms with Crippen molar-refractivity contribution in [3.63, 3.8) is 0 Å². The van der Waals surface area contributed by atoms with Gasteiger partial charge in [-0.05, 0) is 110 Å². The van der Waals surface area contributed by atoms with Crippen LogP contribution in [-0.2, 0) is 22.6 Å². The number of aryl methyl sites for hydroxylation is 2. The largest absolute Gasteiger partial charge is 0.476 e. The third-order valence-electron chi connectivity index (χ3n) is 11.7. The fourth-order valence-electron chi connectivity index (χ4n) is 8.00. The number of nitrogen functional groups attached to an aromatic ring is 2. The number of carboxylic acid groups (broad SMARTS) is 1. The van der Waals surface area contributed by atoms with Gasteiger partial charge in [0.15, 0.2) is 11.4 Å². The Balaban J connectivity index is 0.000000218. The Hall–Kier alpha value is -7.44. The molecule has 6 aromatic rings. The summed E-state index contributed by atoms with van der Waals surface area (Å²) in [4.78, 5) is 48.9. The van der Waals surface area contributed by atoms with Crippen molar-refractivity contribution in [1.29, 1.82) is 0 Å². The number of aromatic nitrogens is 4. The predicted octanol–water partition coefficient (Wildman–Crippen LogP) is 6.89. The summed E-state index contributed by atoms with van der Waals surface area (Å²) in [6.07, 6.45) is 3.04. The first-order valence-corrected chi connectivity index (χ1v) is 21.4. The van der Waals surface area contributed by atoms with E-state index in [0.717, 1.165) is 36.8 Å². The molecular formula is C49H55F2N9O7. The van der Waals surface area contributed by atoms with Crippen molar-refractivity contribution in [1.82, 2.24) is 30.2 Å². The van der Waals surface area contributed by atoms with Crippen LogP contribution >= 0.6 is 0 Å². The minimum Gasteiger partial charge on any atom is -0.476 e. The molecule has 3 amide bonds. The fraction of sp³-hybridized carbons (Fsp3) is 0.306. The quantitative estimate of drug-likeness (QED) is 0.0738. The molecule has 67 heavy (non-hydrogen) atoms. The summed E-state index contributed by atoms with van der Waals surface area (Å²) >= 11 is 0. The Morgan fingerprint density at radius 1 is 0.642 bits per heavy atom. The van der Waals surface area contributed by atoms with Gasteiger partial charge in [0.2, 0.25) is 0 Å². The molecule has 4 heterocycles. The number of hydrogen-bond acceptors (Lipinski definition) is 10. The Labute approximate surface area is 386 Å². The summed E-state index contributed by atoms with van der Waals surface area (Å²) < 4.78 is 40.6. The fourth-order valence-corrected chi connectivity index (χ4v) is 8.00. The van der Waals surface area contributed by atoms with E-state index in [4.69, 9.17) is 26.7 Å². The number of hydrogen-bond donors (Lipinski definition) is 6. The van der Waals surface area contributed by atoms with Crippen LogP contribution in [0.25, 0.3) is 11.4 Å². The topological polar surface area (TPSA) is 245 Å². The van der Waals surface area contributed by atoms with Crippen molar-refractivity contribution in [2.45, 2.75) is 71.9 Å². The smallest absolute Gasteiger partial charge is 0.356 e. The first kappa shape index (κ1) is 49.0. The van der Waals surface area contributed by atoms with Gasteiger partial charge in [0.05, 0.1) is 34.1 Å². The second kappa shape index (κ2) is 21.7. The van der Waals surface area contributed by atoms with Crippen molar-refractivity contribution >= 4 is 35.1 Å². The number of ether oxygens (including phenoxy) is 2. The molecule has 0 aliphatic carbocycles. The maximum atomic E-state index is 13.5. The summed E-state index contributed by atoms with van der Waals surface area (Å²) in [6.45, 7) is 6.42. The molecular weight excluding hydrogens is 865 g/mol. The zero-order valence-electron chi connectivity index (χ0n) is 36.5. The zero-order valence-corrected chi connectivity index (χ0v) is 36.5. The van der Waals surface area contributed by atoms with Gasteiger partial charge in [-0.15, -0.1) is 0 Å². The van der Waals surface area contributed by atoms with Crippen LogP contribution in [0.2, 0.25) is 0 Å². The van der Waals surface area contributed by atoms with E-state index in [-0.39, 0.29) is 66.8 Å². The molecule has 2 aliphatic rings. The standard InChI is InChI=1S/C24H26FN5O3.C24H25FN4O4.CH4/c1-14-2-5-17(25)12-19(14)24(32)28-13-15-3-6-18(7-4-15)30-22(23(27)31)20(26)21(29-30)16-8-10-33-11-9-16;1-14-2-5-17(25)12-19(14)23(30)27-13-15-3-6-18(7-4-15)29-22(24(31)32)20(26)21(28-29)16-8-10-33-11-9-16;/h2-7,12,16H,8-11,13,26H2,1H3,(H2,27,31)(H,28,32);2-7,12,16H,8-11,13,26H2,1H3,(H,27,30)(H,31,32);1H4. The summed E-state index contributed by atoms with van der Waals surface area (Å²) in [5.74, 6) is -3.29. The number of halogens is 2. The number of nitrogens with one attached hydrogen (secondary N) is 2. The molecule has 16 nitrogen and oxygen atoms in total. The van der Waals surface area contributed by atoms with E-state index in [1.165, 1.54) is 33.6 Å². The van der Waals surface area contributed by atoms with Gasteiger partial charge in [0, 0.05) is 62.5 Å². The number of benzene rings is 4. The minimum absolute atomic E-state index is 0. The van der Waals surface area contributed by atoms with Gasteiger partial charge in [-0.2, -0.15) is 10.2 Å². The summed E-state index contributed by atoms with van der Waals surface area (Å²) in [5.41, 5.74) is 24.6. The Morgan fingerprint density at radius 2 is 1.01 bits per heavy atom. The van der Waals surface area contributed by atoms with Crippen LogP contribution in [0.5, 0.6) is 0 Å². The number of aromatic carboxylic acids is 1. The highest BCUT2D eigenvalue weighted by Gasteiger charge is 2.29. The number of carboxylic acids is 1. The normalized spacial score (nSPS) is 14.0. The van der Waals surface area contributed by atoms with E-state index in [9.17, 15) is 33.1 Å². The molecule has 0 saturated carbocycles. The van der Waals surface area contributed by atoms with Gasteiger partial charge < -0.3 is 42.4 Å². The second-order valence-electron chi connectivity index (χ2n) is 16.2. The SMILES string of the molecule is C.Cc1ccc(F)cc1C(=O)NCc1ccc(-n2nc(C3CCOCC3)c(N)c2C(=O)O)cc1.Cc1ccc(F)cc1C(=O)NCc1ccc(-n2nc(C3CCOCC3)c(N)c2C(N)=O)cc1. The zero-order chi connectivity index (χ0) is 47.1. The average molecular weight is 920 g/mol. The van der Waals surface area contributed by atoms with Crippen molar-refractivity contribution in [3.8, 4) is 11.4 Å². The lowest BCUT2D eigenvalue weighted by Crippen LogP contribution is -2.23. The third kappa shape index (κ3) is 11.3. The van der Waals surface area contributed by atoms with Crippen LogP contribution in [0.4, 0.5) is 20.2 Å². The number of amides is 3. The highest BCUT2D eigenvalue weighted by atomic mass is 19.1. The van der Waals surface area contributed by atoms with E-state index >= 15 is 0 Å². The number of nitrogens with zero attached hydrogens (tertiary/aromatic N) is 4. The van der Waals surface area contributed by atoms with Crippen molar-refractivity contribution in [2.75, 3.05) is 37.9 Å². The summed E-state index contributed by atoms with van der Waals surface area (Å²) in [6, 6.07) is 22.4. The van der Waals surface area contributed by atoms with E-state index in [1.54, 1.807) is 62.4 Å². The molecule has 9 N–H and O–H groups in total. The molecule has 4 aromatic carbocycles. The number of carbonyl (C=O) groups excluding carboxylic acids is 3. The molecule has 8 rings (SSSR count). The van der Waals surface area contributed by atoms with E-state index in [1.807, 2.05) is 12.1 Å². The second-order valence-corrected chi connectivity index (χ2v) is 16.2. The predicted molar refractivity (Wildman–Crippen MR) is 248 cm³/mol. The van der Waals surface area contributed by atoms with E-state index < -0.39 is 23.5 Å². The van der Waals surface area contributed by atoms with Gasteiger partial charge >= 0.3 is 5.97 Å². The first-order chi connectivity index (χ1) is 31.7. The number of primary amides is 1. The van der Waals surface area contributed by atoms with Gasteiger partial charge in [0.25, 0.3) is 17.7 Å². The van der Waals surface area contributed by atoms with Crippen LogP contribution in [0.15, 0.2) is 84.9 Å². The monoisotopic (exact) mass is 919 g/mol. The van der Waals surface area contributed by atoms with Crippen LogP contribution in [0, 0.1) is 25.5 Å². The Morgan fingerprint density at radius 3 is 1.39 bits per heavy atom. The molecule has 0 unspecified atom stereocenters. The summed E-state index contributed by atoms with van der Waals surface area (Å²) in [5, 5.41) is 24.5. The lowest BCUT2D eigenvalue weighted by Gasteiger charge is -2.20. The van der Waals surface area contributed by atoms with Crippen molar-refractivity contribution in [2.24, 2.45) is 5.73 Å². The van der Waals surface area contributed by atoms with Crippen LogP contribution in [-0.4, -0.2) is 74.8 Å². The maximum absolute atomic E-state index is 13.5. The van der Waals surface area contributed by atoms with E-state index in [2.05, 4.69) is 20.8 Å². The molecule has 0 radical (unpaired) electrons. The van der Waals surface area contributed by atoms with Crippen molar-refractivity contribution < 1.29 is 42.5 Å². The molecule has 2 fully saturated rings. The summed E-state index contributed by atoms with van der Waals surface area (Å²) in [7, 11) is 0. The molecule has 0 spiro atoms. The van der Waals surface area contributed by atoms with Crippen LogP contribution in [0.3, 0.4) is 0 Å². The Bertz CT molecular complexity index is 2560. The maximum Gasteiger partial charge on any atom is 0.356 e. The van der Waals surface area contributed by atoms with Crippen molar-refractivity contribution in [3.05, 3.63) is 153 Å². The minimum atomic E-state index is -1.15. The molecule has 2 aromatic heterocycles. The van der Waals surface area contributed by atoms with Gasteiger partial charge in [-0.3, -0.25) is 14.4 Å². The van der Waals surface area contributed by atoms with Gasteiger partial charge in [-0.25, -0.2) is 22.9 Å². The van der Waals surface area contributed by atoms with Gasteiger partial charge in [-0.1, -0.05) is 43.8 Å². The van der Waals surface area contributed by atoms with Crippen LogP contribution in [0.1, 0.15) is 120 Å². The molecule has 0 bridgehead atoms. The lowest BCUT2D eigenvalue weighted by atomic mass is 9.95. The van der Waals surface area contributed by atoms with E-state index in [0.29, 0.717) is 71.6 Å². The number of carbonyl (C=O) groups is 4. The van der Waals surface area contributed by atoms with Crippen LogP contribution < -0.4 is 27.8 Å². The average Bonchev–Trinajstić information content (AvgIpc) is 3.86. The number of nitrogens with two attached hydrogens (primary N) is 3. The third-order valence-corrected chi connectivity index (χ3v) is 11.7. The molecule has 2 saturated heterocycles. The molecule has 18 heteroatoms. The highest BCUT2D eigenvalue weighted by Crippen LogP contribution is 2.34. The lowest BCUT2D eigenvalue weighted by molar-refractivity contribution is 0.0687. The number of rotatable bonds is 12. The molecule has 0 atom stereocenters. The molecule has 352 valence electrons. The van der Waals surface area contributed by atoms with Gasteiger partial charge in [0.1, 0.15) is 11.6 Å².